The Morgan fingerprint density at radius 2 is 2.38 bits per heavy atom. The minimum absolute atomic E-state index is 0.00356. The third-order valence-electron chi connectivity index (χ3n) is 2.22. The molecule has 0 aromatic carbocycles. The summed E-state index contributed by atoms with van der Waals surface area (Å²) in [5.41, 5.74) is 0.680. The van der Waals surface area contributed by atoms with Crippen LogP contribution in [0, 0.1) is 0 Å². The van der Waals surface area contributed by atoms with E-state index in [-0.39, 0.29) is 12.1 Å². The number of esters is 1. The van der Waals surface area contributed by atoms with E-state index in [0.29, 0.717) is 5.57 Å². The van der Waals surface area contributed by atoms with Gasteiger partial charge in [-0.1, -0.05) is 12.2 Å². The summed E-state index contributed by atoms with van der Waals surface area (Å²) in [5.74, 6) is -0.195. The Morgan fingerprint density at radius 3 is 2.92 bits per heavy atom. The average molecular weight is 180 g/mol. The van der Waals surface area contributed by atoms with Gasteiger partial charge in [0.15, 0.2) is 0 Å². The average Bonchev–Trinajstić information content (AvgIpc) is 2.18. The van der Waals surface area contributed by atoms with E-state index in [1.165, 1.54) is 0 Å². The Kier molecular flexibility index (Phi) is 3.74. The van der Waals surface area contributed by atoms with Gasteiger partial charge in [-0.25, -0.2) is 4.79 Å². The molecule has 0 N–H and O–H groups in total. The second-order valence-corrected chi connectivity index (χ2v) is 3.27. The predicted molar refractivity (Wildman–Crippen MR) is 52.3 cm³/mol. The van der Waals surface area contributed by atoms with Crippen molar-refractivity contribution in [2.45, 2.75) is 39.2 Å². The largest absolute Gasteiger partial charge is 0.455 e. The van der Waals surface area contributed by atoms with Crippen LogP contribution in [0.4, 0.5) is 0 Å². The predicted octanol–water partition coefficient (Wildman–Crippen LogP) is 2.60. The van der Waals surface area contributed by atoms with E-state index in [1.807, 2.05) is 13.0 Å². The van der Waals surface area contributed by atoms with Crippen molar-refractivity contribution in [2.24, 2.45) is 0 Å². The molecule has 0 fully saturated rings. The van der Waals surface area contributed by atoms with E-state index in [4.69, 9.17) is 4.74 Å². The van der Waals surface area contributed by atoms with E-state index in [0.717, 1.165) is 19.3 Å². The van der Waals surface area contributed by atoms with Gasteiger partial charge in [0, 0.05) is 5.57 Å². The van der Waals surface area contributed by atoms with Crippen LogP contribution in [0.5, 0.6) is 0 Å². The summed E-state index contributed by atoms with van der Waals surface area (Å²) in [6, 6.07) is 0. The van der Waals surface area contributed by atoms with Gasteiger partial charge in [0.1, 0.15) is 6.10 Å². The van der Waals surface area contributed by atoms with Gasteiger partial charge in [-0.2, -0.15) is 0 Å². The number of rotatable bonds is 2. The maximum Gasteiger partial charge on any atom is 0.333 e. The summed E-state index contributed by atoms with van der Waals surface area (Å²) < 4.78 is 5.25. The second-order valence-electron chi connectivity index (χ2n) is 3.27. The van der Waals surface area contributed by atoms with Crippen LogP contribution in [-0.2, 0) is 9.53 Å². The van der Waals surface area contributed by atoms with Crippen molar-refractivity contribution in [2.75, 3.05) is 0 Å². The van der Waals surface area contributed by atoms with Crippen LogP contribution >= 0.6 is 0 Å². The standard InChI is InChI=1S/C11H16O2/c1-3-9(2)11(12)13-10-7-5-4-6-8-10/h3,5,7,10H,4,6,8H2,1-2H3/b9-3+. The van der Waals surface area contributed by atoms with Crippen LogP contribution in [0.3, 0.4) is 0 Å². The molecule has 0 radical (unpaired) electrons. The van der Waals surface area contributed by atoms with Crippen LogP contribution in [0.15, 0.2) is 23.8 Å². The van der Waals surface area contributed by atoms with Crippen LogP contribution in [-0.4, -0.2) is 12.1 Å². The van der Waals surface area contributed by atoms with E-state index < -0.39 is 0 Å². The minimum Gasteiger partial charge on any atom is -0.455 e. The molecule has 1 unspecified atom stereocenters. The molecular formula is C11H16O2. The molecule has 2 heteroatoms. The smallest absolute Gasteiger partial charge is 0.333 e. The van der Waals surface area contributed by atoms with Gasteiger partial charge in [-0.15, -0.1) is 0 Å². The molecule has 13 heavy (non-hydrogen) atoms. The molecule has 0 bridgehead atoms. The topological polar surface area (TPSA) is 26.3 Å². The van der Waals surface area contributed by atoms with Crippen LogP contribution < -0.4 is 0 Å². The third-order valence-corrected chi connectivity index (χ3v) is 2.22. The first kappa shape index (κ1) is 10.0. The fourth-order valence-electron chi connectivity index (χ4n) is 1.23. The van der Waals surface area contributed by atoms with E-state index in [2.05, 4.69) is 6.08 Å². The highest BCUT2D eigenvalue weighted by Gasteiger charge is 2.13. The highest BCUT2D eigenvalue weighted by atomic mass is 16.5. The Bertz CT molecular complexity index is 238. The number of hydrogen-bond acceptors (Lipinski definition) is 2. The minimum atomic E-state index is -0.195. The van der Waals surface area contributed by atoms with Crippen LogP contribution in [0.1, 0.15) is 33.1 Å². The molecule has 0 aliphatic heterocycles. The van der Waals surface area contributed by atoms with Crippen molar-refractivity contribution in [3.8, 4) is 0 Å². The van der Waals surface area contributed by atoms with Crippen LogP contribution in [0.2, 0.25) is 0 Å². The van der Waals surface area contributed by atoms with Crippen molar-refractivity contribution in [1.29, 1.82) is 0 Å². The fraction of sp³-hybridized carbons (Fsp3) is 0.545. The first-order chi connectivity index (χ1) is 6.24. The Labute approximate surface area is 79.3 Å². The maximum absolute atomic E-state index is 11.3. The Balaban J connectivity index is 2.44. The molecule has 1 atom stereocenters. The number of carbonyl (C=O) groups is 1. The van der Waals surface area contributed by atoms with Gasteiger partial charge >= 0.3 is 5.97 Å². The number of hydrogen-bond donors (Lipinski definition) is 0. The van der Waals surface area contributed by atoms with E-state index in [9.17, 15) is 4.79 Å². The molecule has 72 valence electrons. The van der Waals surface area contributed by atoms with Gasteiger partial charge in [-0.05, 0) is 39.2 Å². The van der Waals surface area contributed by atoms with Gasteiger partial charge in [0.2, 0.25) is 0 Å². The third kappa shape index (κ3) is 3.05. The zero-order valence-electron chi connectivity index (χ0n) is 8.25. The Morgan fingerprint density at radius 1 is 1.62 bits per heavy atom. The number of ether oxygens (including phenoxy) is 1. The van der Waals surface area contributed by atoms with Crippen molar-refractivity contribution in [3.05, 3.63) is 23.8 Å². The molecular weight excluding hydrogens is 164 g/mol. The van der Waals surface area contributed by atoms with Crippen molar-refractivity contribution >= 4 is 5.97 Å². The maximum atomic E-state index is 11.3. The zero-order chi connectivity index (χ0) is 9.68. The normalized spacial score (nSPS) is 22.9. The van der Waals surface area contributed by atoms with Crippen molar-refractivity contribution in [1.82, 2.24) is 0 Å². The van der Waals surface area contributed by atoms with Gasteiger partial charge < -0.3 is 4.74 Å². The second kappa shape index (κ2) is 4.85. The lowest BCUT2D eigenvalue weighted by atomic mass is 10.1. The van der Waals surface area contributed by atoms with Crippen LogP contribution in [0.25, 0.3) is 0 Å². The molecule has 2 nitrogen and oxygen atoms in total. The molecule has 0 saturated heterocycles. The van der Waals surface area contributed by atoms with Crippen molar-refractivity contribution < 1.29 is 9.53 Å². The summed E-state index contributed by atoms with van der Waals surface area (Å²) >= 11 is 0. The summed E-state index contributed by atoms with van der Waals surface area (Å²) in [6.45, 7) is 3.61. The summed E-state index contributed by atoms with van der Waals surface area (Å²) in [7, 11) is 0. The molecule has 1 rings (SSSR count). The van der Waals surface area contributed by atoms with Gasteiger partial charge in [0.05, 0.1) is 0 Å². The lowest BCUT2D eigenvalue weighted by Gasteiger charge is -2.16. The van der Waals surface area contributed by atoms with E-state index >= 15 is 0 Å². The quantitative estimate of drug-likeness (QED) is 0.371. The molecule has 0 saturated carbocycles. The highest BCUT2D eigenvalue weighted by molar-refractivity contribution is 5.87. The van der Waals surface area contributed by atoms with E-state index in [1.54, 1.807) is 13.0 Å². The SMILES string of the molecule is C/C=C(\C)C(=O)OC1C=CCCC1. The first-order valence-corrected chi connectivity index (χ1v) is 4.74. The molecule has 1 aliphatic carbocycles. The summed E-state index contributed by atoms with van der Waals surface area (Å²) in [5, 5.41) is 0. The lowest BCUT2D eigenvalue weighted by Crippen LogP contribution is -2.18. The van der Waals surface area contributed by atoms with Gasteiger partial charge in [-0.3, -0.25) is 0 Å². The Hall–Kier alpha value is -1.05. The summed E-state index contributed by atoms with van der Waals surface area (Å²) in [4.78, 5) is 11.3. The molecule has 1 aliphatic rings. The lowest BCUT2D eigenvalue weighted by molar-refractivity contribution is -0.142. The van der Waals surface area contributed by atoms with Gasteiger partial charge in [0.25, 0.3) is 0 Å². The monoisotopic (exact) mass is 180 g/mol. The summed E-state index contributed by atoms with van der Waals surface area (Å²) in [6.07, 6.45) is 9.00. The zero-order valence-corrected chi connectivity index (χ0v) is 8.25. The molecule has 0 amide bonds. The highest BCUT2D eigenvalue weighted by Crippen LogP contribution is 2.14. The van der Waals surface area contributed by atoms with Crippen molar-refractivity contribution in [3.63, 3.8) is 0 Å². The molecule has 0 aromatic heterocycles. The fourth-order valence-corrected chi connectivity index (χ4v) is 1.23. The molecule has 0 spiro atoms. The molecule has 0 heterocycles. The molecule has 0 aromatic rings. The number of carbonyl (C=O) groups excluding carboxylic acids is 1. The first-order valence-electron chi connectivity index (χ1n) is 4.74. The number of allylic oxidation sites excluding steroid dienone is 2.